The van der Waals surface area contributed by atoms with E-state index in [1.165, 1.54) is 6.42 Å². The van der Waals surface area contributed by atoms with Gasteiger partial charge in [0, 0.05) is 25.2 Å². The van der Waals surface area contributed by atoms with Crippen LogP contribution in [0.15, 0.2) is 0 Å². The summed E-state index contributed by atoms with van der Waals surface area (Å²) in [5, 5.41) is 3.71. The summed E-state index contributed by atoms with van der Waals surface area (Å²) in [6.45, 7) is 19.8. The minimum absolute atomic E-state index is 0.0310. The van der Waals surface area contributed by atoms with Gasteiger partial charge in [-0.3, -0.25) is 4.90 Å². The zero-order valence-electron chi connectivity index (χ0n) is 14.0. The molecule has 0 amide bonds. The van der Waals surface area contributed by atoms with E-state index in [9.17, 15) is 0 Å². The molecule has 0 aromatic carbocycles. The molecule has 1 saturated heterocycles. The van der Waals surface area contributed by atoms with Gasteiger partial charge in [0.25, 0.3) is 0 Å². The van der Waals surface area contributed by atoms with Crippen LogP contribution in [0.25, 0.3) is 0 Å². The van der Waals surface area contributed by atoms with Gasteiger partial charge >= 0.3 is 0 Å². The number of rotatable bonds is 3. The van der Waals surface area contributed by atoms with Crippen LogP contribution >= 0.6 is 0 Å². The maximum Gasteiger partial charge on any atom is 0.0600 e. The van der Waals surface area contributed by atoms with Gasteiger partial charge in [-0.2, -0.15) is 0 Å². The highest BCUT2D eigenvalue weighted by Gasteiger charge is 2.30. The van der Waals surface area contributed by atoms with Crippen molar-refractivity contribution in [2.24, 2.45) is 5.41 Å². The molecule has 0 aliphatic carbocycles. The van der Waals surface area contributed by atoms with Crippen LogP contribution in [0.2, 0.25) is 0 Å². The van der Waals surface area contributed by atoms with Crippen LogP contribution < -0.4 is 5.32 Å². The summed E-state index contributed by atoms with van der Waals surface area (Å²) in [5.41, 5.74) is 0.282. The second kappa shape index (κ2) is 6.55. The Balaban J connectivity index is 2.53. The summed E-state index contributed by atoms with van der Waals surface area (Å²) >= 11 is 0. The Hall–Kier alpha value is -0.120. The van der Waals surface area contributed by atoms with Crippen LogP contribution in [0.3, 0.4) is 0 Å². The van der Waals surface area contributed by atoms with E-state index in [-0.39, 0.29) is 5.60 Å². The SMILES string of the molecule is CC1CCNC(C(C)(C)C)CN1CCOC(C)(C)C. The first-order chi connectivity index (χ1) is 8.59. The lowest BCUT2D eigenvalue weighted by Gasteiger charge is -2.35. The molecule has 0 bridgehead atoms. The molecule has 0 radical (unpaired) electrons. The van der Waals surface area contributed by atoms with Crippen molar-refractivity contribution in [2.75, 3.05) is 26.2 Å². The molecule has 2 atom stereocenters. The van der Waals surface area contributed by atoms with E-state index in [4.69, 9.17) is 4.74 Å². The predicted octanol–water partition coefficient (Wildman–Crippen LogP) is 2.90. The first-order valence-corrected chi connectivity index (χ1v) is 7.71. The molecule has 1 aliphatic rings. The van der Waals surface area contributed by atoms with Gasteiger partial charge in [0.15, 0.2) is 0 Å². The zero-order chi connectivity index (χ0) is 14.7. The van der Waals surface area contributed by atoms with Crippen molar-refractivity contribution in [3.63, 3.8) is 0 Å². The fourth-order valence-electron chi connectivity index (χ4n) is 2.49. The molecule has 0 saturated carbocycles. The summed E-state index contributed by atoms with van der Waals surface area (Å²) in [6, 6.07) is 1.20. The second-order valence-electron chi connectivity index (χ2n) is 7.97. The first-order valence-electron chi connectivity index (χ1n) is 7.71. The van der Waals surface area contributed by atoms with Gasteiger partial charge in [-0.05, 0) is 46.1 Å². The van der Waals surface area contributed by atoms with E-state index >= 15 is 0 Å². The third-order valence-corrected chi connectivity index (χ3v) is 3.95. The number of nitrogens with one attached hydrogen (secondary N) is 1. The van der Waals surface area contributed by atoms with Gasteiger partial charge in [0.2, 0.25) is 0 Å². The Kier molecular flexibility index (Phi) is 5.84. The average Bonchev–Trinajstić information content (AvgIpc) is 2.39. The van der Waals surface area contributed by atoms with E-state index in [0.717, 1.165) is 26.2 Å². The highest BCUT2D eigenvalue weighted by Crippen LogP contribution is 2.23. The van der Waals surface area contributed by atoms with Crippen LogP contribution in [-0.4, -0.2) is 48.8 Å². The Labute approximate surface area is 120 Å². The van der Waals surface area contributed by atoms with Gasteiger partial charge in [-0.25, -0.2) is 0 Å². The molecular formula is C16H34N2O. The normalized spacial score (nSPS) is 27.3. The van der Waals surface area contributed by atoms with E-state index in [0.29, 0.717) is 17.5 Å². The van der Waals surface area contributed by atoms with Gasteiger partial charge in [-0.15, -0.1) is 0 Å². The molecule has 1 heterocycles. The summed E-state index contributed by atoms with van der Waals surface area (Å²) in [4.78, 5) is 2.58. The molecule has 3 heteroatoms. The third kappa shape index (κ3) is 6.24. The van der Waals surface area contributed by atoms with Gasteiger partial charge in [-0.1, -0.05) is 20.8 Å². The smallest absolute Gasteiger partial charge is 0.0600 e. The molecular weight excluding hydrogens is 236 g/mol. The molecule has 0 spiro atoms. The number of nitrogens with zero attached hydrogens (tertiary/aromatic N) is 1. The van der Waals surface area contributed by atoms with Crippen molar-refractivity contribution in [3.05, 3.63) is 0 Å². The zero-order valence-corrected chi connectivity index (χ0v) is 14.0. The lowest BCUT2D eigenvalue weighted by Crippen LogP contribution is -2.48. The third-order valence-electron chi connectivity index (χ3n) is 3.95. The van der Waals surface area contributed by atoms with Crippen molar-refractivity contribution < 1.29 is 4.74 Å². The summed E-state index contributed by atoms with van der Waals surface area (Å²) in [5.74, 6) is 0. The average molecular weight is 270 g/mol. The molecule has 0 aromatic rings. The van der Waals surface area contributed by atoms with Crippen LogP contribution in [-0.2, 0) is 4.74 Å². The molecule has 1 rings (SSSR count). The Bertz CT molecular complexity index is 265. The van der Waals surface area contributed by atoms with E-state index in [2.05, 4.69) is 58.7 Å². The van der Waals surface area contributed by atoms with Crippen molar-refractivity contribution in [3.8, 4) is 0 Å². The predicted molar refractivity (Wildman–Crippen MR) is 82.6 cm³/mol. The highest BCUT2D eigenvalue weighted by molar-refractivity contribution is 4.88. The van der Waals surface area contributed by atoms with Crippen molar-refractivity contribution in [1.82, 2.24) is 10.2 Å². The molecule has 2 unspecified atom stereocenters. The monoisotopic (exact) mass is 270 g/mol. The maximum atomic E-state index is 5.88. The summed E-state index contributed by atoms with van der Waals surface area (Å²) in [7, 11) is 0. The number of hydrogen-bond donors (Lipinski definition) is 1. The highest BCUT2D eigenvalue weighted by atomic mass is 16.5. The lowest BCUT2D eigenvalue weighted by molar-refractivity contribution is -0.0182. The summed E-state index contributed by atoms with van der Waals surface area (Å²) < 4.78 is 5.88. The maximum absolute atomic E-state index is 5.88. The van der Waals surface area contributed by atoms with Crippen LogP contribution in [0.4, 0.5) is 0 Å². The van der Waals surface area contributed by atoms with Crippen molar-refractivity contribution in [2.45, 2.75) is 72.6 Å². The van der Waals surface area contributed by atoms with E-state index < -0.39 is 0 Å². The quantitative estimate of drug-likeness (QED) is 0.853. The Morgan fingerprint density at radius 2 is 1.79 bits per heavy atom. The number of ether oxygens (including phenoxy) is 1. The van der Waals surface area contributed by atoms with E-state index in [1.807, 2.05) is 0 Å². The molecule has 1 aliphatic heterocycles. The Morgan fingerprint density at radius 3 is 2.32 bits per heavy atom. The molecule has 0 aromatic heterocycles. The lowest BCUT2D eigenvalue weighted by atomic mass is 9.86. The van der Waals surface area contributed by atoms with Crippen molar-refractivity contribution in [1.29, 1.82) is 0 Å². The fourth-order valence-corrected chi connectivity index (χ4v) is 2.49. The van der Waals surface area contributed by atoms with Crippen LogP contribution in [0, 0.1) is 5.41 Å². The van der Waals surface area contributed by atoms with Gasteiger partial charge < -0.3 is 10.1 Å². The minimum Gasteiger partial charge on any atom is -0.375 e. The number of hydrogen-bond acceptors (Lipinski definition) is 3. The second-order valence-corrected chi connectivity index (χ2v) is 7.97. The van der Waals surface area contributed by atoms with Crippen molar-refractivity contribution >= 4 is 0 Å². The fraction of sp³-hybridized carbons (Fsp3) is 1.00. The molecule has 3 nitrogen and oxygen atoms in total. The first kappa shape index (κ1) is 16.9. The minimum atomic E-state index is -0.0310. The van der Waals surface area contributed by atoms with Gasteiger partial charge in [0.05, 0.1) is 12.2 Å². The molecule has 1 N–H and O–H groups in total. The van der Waals surface area contributed by atoms with Crippen LogP contribution in [0.5, 0.6) is 0 Å². The van der Waals surface area contributed by atoms with Gasteiger partial charge in [0.1, 0.15) is 0 Å². The molecule has 19 heavy (non-hydrogen) atoms. The van der Waals surface area contributed by atoms with E-state index in [1.54, 1.807) is 0 Å². The molecule has 1 fully saturated rings. The standard InChI is InChI=1S/C16H34N2O/c1-13-8-9-17-14(15(2,3)4)12-18(13)10-11-19-16(5,6)7/h13-14,17H,8-12H2,1-7H3. The van der Waals surface area contributed by atoms with Crippen LogP contribution in [0.1, 0.15) is 54.9 Å². The Morgan fingerprint density at radius 1 is 1.16 bits per heavy atom. The summed E-state index contributed by atoms with van der Waals surface area (Å²) in [6.07, 6.45) is 1.22. The largest absolute Gasteiger partial charge is 0.375 e. The topological polar surface area (TPSA) is 24.5 Å². The molecule has 114 valence electrons.